The summed E-state index contributed by atoms with van der Waals surface area (Å²) in [6, 6.07) is 17.5. The van der Waals surface area contributed by atoms with E-state index in [1.54, 1.807) is 30.3 Å². The largest absolute Gasteiger partial charge is 0.337 e. The van der Waals surface area contributed by atoms with E-state index in [9.17, 15) is 30.8 Å². The van der Waals surface area contributed by atoms with Gasteiger partial charge in [-0.05, 0) is 36.4 Å². The Morgan fingerprint density at radius 3 is 2.22 bits per heavy atom. The van der Waals surface area contributed by atoms with Crippen LogP contribution in [0.3, 0.4) is 0 Å². The number of nitrogens with one attached hydrogen (secondary N) is 2. The molecule has 3 aromatic carbocycles. The Labute approximate surface area is 212 Å². The average molecular weight is 544 g/mol. The van der Waals surface area contributed by atoms with E-state index in [1.165, 1.54) is 53.2 Å². The number of sulfonamides is 1. The van der Waals surface area contributed by atoms with E-state index >= 15 is 0 Å². The molecular formula is C25H22FN3O6S2. The van der Waals surface area contributed by atoms with Gasteiger partial charge >= 0.3 is 0 Å². The summed E-state index contributed by atoms with van der Waals surface area (Å²) in [5.74, 6) is -2.37. The molecule has 0 atom stereocenters. The summed E-state index contributed by atoms with van der Waals surface area (Å²) in [6.45, 7) is 0.843. The molecule has 0 spiro atoms. The quantitative estimate of drug-likeness (QED) is 0.351. The lowest BCUT2D eigenvalue weighted by molar-refractivity contribution is -0.117. The summed E-state index contributed by atoms with van der Waals surface area (Å²) in [5.41, 5.74) is 0.846. The average Bonchev–Trinajstić information content (AvgIpc) is 3.19. The third kappa shape index (κ3) is 5.87. The molecule has 12 heteroatoms. The molecule has 4 aromatic rings. The molecular weight excluding hydrogens is 521 g/mol. The van der Waals surface area contributed by atoms with Gasteiger partial charge in [-0.15, -0.1) is 0 Å². The fraction of sp³-hybridized carbons (Fsp3) is 0.120. The van der Waals surface area contributed by atoms with Crippen molar-refractivity contribution >= 4 is 48.3 Å². The van der Waals surface area contributed by atoms with Crippen molar-refractivity contribution in [3.63, 3.8) is 0 Å². The van der Waals surface area contributed by atoms with Crippen molar-refractivity contribution in [2.24, 2.45) is 0 Å². The molecule has 192 valence electrons. The number of para-hydroxylation sites is 1. The summed E-state index contributed by atoms with van der Waals surface area (Å²) in [6.07, 6.45) is 1.35. The molecule has 1 heterocycles. The smallest absolute Gasteiger partial charge is 0.264 e. The topological polar surface area (TPSA) is 131 Å². The molecule has 4 rings (SSSR count). The molecule has 0 aliphatic carbocycles. The first kappa shape index (κ1) is 26.0. The minimum absolute atomic E-state index is 0.0216. The Morgan fingerprint density at radius 2 is 1.54 bits per heavy atom. The fourth-order valence-electron chi connectivity index (χ4n) is 3.81. The van der Waals surface area contributed by atoms with Gasteiger partial charge in [0.15, 0.2) is 9.84 Å². The van der Waals surface area contributed by atoms with Gasteiger partial charge in [-0.25, -0.2) is 25.9 Å². The number of hydrogen-bond acceptors (Lipinski definition) is 6. The summed E-state index contributed by atoms with van der Waals surface area (Å²) in [5, 5.41) is 3.03. The van der Waals surface area contributed by atoms with Crippen molar-refractivity contribution in [2.75, 3.05) is 5.32 Å². The molecule has 2 amide bonds. The van der Waals surface area contributed by atoms with E-state index in [2.05, 4.69) is 5.32 Å². The van der Waals surface area contributed by atoms with Gasteiger partial charge in [0.1, 0.15) is 12.4 Å². The van der Waals surface area contributed by atoms with E-state index in [0.717, 1.165) is 6.92 Å². The summed E-state index contributed by atoms with van der Waals surface area (Å²) < 4.78 is 67.9. The number of carbonyl (C=O) groups excluding carboxylic acids is 2. The maximum Gasteiger partial charge on any atom is 0.264 e. The Bertz CT molecular complexity index is 1710. The molecule has 0 fully saturated rings. The molecule has 0 saturated carbocycles. The molecule has 0 saturated heterocycles. The molecule has 37 heavy (non-hydrogen) atoms. The summed E-state index contributed by atoms with van der Waals surface area (Å²) in [7, 11) is -7.95. The van der Waals surface area contributed by atoms with E-state index in [-0.39, 0.29) is 21.9 Å². The minimum atomic E-state index is -4.01. The van der Waals surface area contributed by atoms with Crippen molar-refractivity contribution in [2.45, 2.75) is 29.0 Å². The second-order valence-corrected chi connectivity index (χ2v) is 11.9. The zero-order valence-corrected chi connectivity index (χ0v) is 21.1. The number of rotatable bonds is 8. The van der Waals surface area contributed by atoms with Crippen molar-refractivity contribution < 1.29 is 30.8 Å². The molecule has 0 aliphatic rings. The van der Waals surface area contributed by atoms with E-state index in [1.807, 2.05) is 4.72 Å². The fourth-order valence-corrected chi connectivity index (χ4v) is 6.40. The summed E-state index contributed by atoms with van der Waals surface area (Å²) in [4.78, 5) is 23.6. The predicted octanol–water partition coefficient (Wildman–Crippen LogP) is 3.22. The predicted molar refractivity (Wildman–Crippen MR) is 135 cm³/mol. The number of anilines is 1. The highest BCUT2D eigenvalue weighted by Gasteiger charge is 2.23. The zero-order chi connectivity index (χ0) is 26.8. The Hall–Kier alpha value is -4.03. The number of fused-ring (bicyclic) bond motifs is 1. The molecule has 1 aromatic heterocycles. The Kier molecular flexibility index (Phi) is 7.14. The van der Waals surface area contributed by atoms with Gasteiger partial charge in [0.05, 0.1) is 15.5 Å². The van der Waals surface area contributed by atoms with Crippen LogP contribution in [0.4, 0.5) is 10.1 Å². The van der Waals surface area contributed by atoms with Gasteiger partial charge in [-0.1, -0.05) is 36.4 Å². The number of benzene rings is 3. The van der Waals surface area contributed by atoms with E-state index in [4.69, 9.17) is 0 Å². The van der Waals surface area contributed by atoms with Gasteiger partial charge < -0.3 is 9.88 Å². The first-order valence-corrected chi connectivity index (χ1v) is 14.1. The number of sulfone groups is 1. The van der Waals surface area contributed by atoms with Gasteiger partial charge in [0.25, 0.3) is 10.0 Å². The van der Waals surface area contributed by atoms with Crippen molar-refractivity contribution in [1.82, 2.24) is 9.29 Å². The SMILES string of the molecule is CC(=O)NS(=O)(=O)c1ccc(NC(=O)Cn2cc(S(=O)(=O)Cc3ccccc3F)c3ccccc32)cc1. The monoisotopic (exact) mass is 543 g/mol. The van der Waals surface area contributed by atoms with Crippen molar-refractivity contribution in [3.8, 4) is 0 Å². The molecule has 0 unspecified atom stereocenters. The standard InChI is InChI=1S/C25H22FN3O6S2/c1-17(30)28-37(34,35)20-12-10-19(11-13-20)27-25(31)15-29-14-24(21-7-3-5-9-23(21)29)36(32,33)16-18-6-2-4-8-22(18)26/h2-14H,15-16H2,1H3,(H,27,31)(H,28,30). The van der Waals surface area contributed by atoms with Crippen molar-refractivity contribution in [1.29, 1.82) is 0 Å². The second kappa shape index (κ2) is 10.1. The maximum atomic E-state index is 14.1. The first-order chi connectivity index (χ1) is 17.5. The van der Waals surface area contributed by atoms with Crippen LogP contribution in [0.25, 0.3) is 10.9 Å². The maximum absolute atomic E-state index is 14.1. The molecule has 9 nitrogen and oxygen atoms in total. The van der Waals surface area contributed by atoms with Gasteiger partial charge in [-0.3, -0.25) is 9.59 Å². The second-order valence-electron chi connectivity index (χ2n) is 8.22. The van der Waals surface area contributed by atoms with Gasteiger partial charge in [0.2, 0.25) is 11.8 Å². The van der Waals surface area contributed by atoms with Gasteiger partial charge in [-0.2, -0.15) is 0 Å². The van der Waals surface area contributed by atoms with E-state index in [0.29, 0.717) is 16.6 Å². The minimum Gasteiger partial charge on any atom is -0.337 e. The third-order valence-corrected chi connectivity index (χ3v) is 8.57. The number of hydrogen-bond donors (Lipinski definition) is 2. The normalized spacial score (nSPS) is 11.8. The Balaban J connectivity index is 1.56. The summed E-state index contributed by atoms with van der Waals surface area (Å²) >= 11 is 0. The zero-order valence-electron chi connectivity index (χ0n) is 19.5. The van der Waals surface area contributed by atoms with Crippen LogP contribution in [0.15, 0.2) is 88.8 Å². The number of nitrogens with zero attached hydrogens (tertiary/aromatic N) is 1. The molecule has 2 N–H and O–H groups in total. The molecule has 0 aliphatic heterocycles. The first-order valence-electron chi connectivity index (χ1n) is 10.9. The highest BCUT2D eigenvalue weighted by atomic mass is 32.2. The van der Waals surface area contributed by atoms with Crippen LogP contribution < -0.4 is 10.0 Å². The lowest BCUT2D eigenvalue weighted by atomic mass is 10.2. The van der Waals surface area contributed by atoms with Crippen LogP contribution in [-0.2, 0) is 41.7 Å². The number of aromatic nitrogens is 1. The van der Waals surface area contributed by atoms with Crippen LogP contribution in [0.5, 0.6) is 0 Å². The van der Waals surface area contributed by atoms with Gasteiger partial charge in [0, 0.05) is 35.3 Å². The number of amides is 2. The molecule has 0 bridgehead atoms. The van der Waals surface area contributed by atoms with E-state index < -0.39 is 43.2 Å². The Morgan fingerprint density at radius 1 is 0.892 bits per heavy atom. The van der Waals surface area contributed by atoms with Crippen molar-refractivity contribution in [3.05, 3.63) is 90.4 Å². The lowest BCUT2D eigenvalue weighted by Gasteiger charge is -2.09. The van der Waals surface area contributed by atoms with Crippen LogP contribution in [0.1, 0.15) is 12.5 Å². The molecule has 0 radical (unpaired) electrons. The van der Waals surface area contributed by atoms with Crippen LogP contribution in [-0.4, -0.2) is 33.2 Å². The lowest BCUT2D eigenvalue weighted by Crippen LogP contribution is -2.28. The van der Waals surface area contributed by atoms with Crippen LogP contribution in [0, 0.1) is 5.82 Å². The van der Waals surface area contributed by atoms with Crippen LogP contribution in [0.2, 0.25) is 0 Å². The highest BCUT2D eigenvalue weighted by Crippen LogP contribution is 2.28. The van der Waals surface area contributed by atoms with Crippen LogP contribution >= 0.6 is 0 Å². The number of carbonyl (C=O) groups is 2. The third-order valence-electron chi connectivity index (χ3n) is 5.43. The highest BCUT2D eigenvalue weighted by molar-refractivity contribution is 7.91. The number of halogens is 1.